The fourth-order valence-corrected chi connectivity index (χ4v) is 3.67. The van der Waals surface area contributed by atoms with Crippen molar-refractivity contribution in [2.24, 2.45) is 0 Å². The molecule has 0 radical (unpaired) electrons. The lowest BCUT2D eigenvalue weighted by Crippen LogP contribution is -2.49. The van der Waals surface area contributed by atoms with Gasteiger partial charge >= 0.3 is 23.9 Å². The lowest BCUT2D eigenvalue weighted by atomic mass is 10.3. The number of benzene rings is 1. The minimum absolute atomic E-state index is 0.0721. The summed E-state index contributed by atoms with van der Waals surface area (Å²) in [5.74, 6) is -3.20. The Hall–Kier alpha value is -3.26. The van der Waals surface area contributed by atoms with Gasteiger partial charge in [0.15, 0.2) is 0 Å². The van der Waals surface area contributed by atoms with Crippen LogP contribution in [0.5, 0.6) is 5.75 Å². The van der Waals surface area contributed by atoms with Crippen molar-refractivity contribution in [2.45, 2.75) is 13.8 Å². The molecule has 0 aromatic heterocycles. The molecule has 13 heteroatoms. The molecule has 1 aliphatic heterocycles. The zero-order valence-electron chi connectivity index (χ0n) is 21.5. The van der Waals surface area contributed by atoms with Gasteiger partial charge in [0.25, 0.3) is 0 Å². The predicted molar refractivity (Wildman–Crippen MR) is 137 cm³/mol. The molecule has 1 saturated heterocycles. The van der Waals surface area contributed by atoms with E-state index in [0.29, 0.717) is 63.8 Å². The maximum absolute atomic E-state index is 12.5. The van der Waals surface area contributed by atoms with Crippen LogP contribution < -0.4 is 10.5 Å². The first kappa shape index (κ1) is 31.8. The highest BCUT2D eigenvalue weighted by molar-refractivity contribution is 5.74. The molecule has 1 fully saturated rings. The van der Waals surface area contributed by atoms with Gasteiger partial charge in [0.05, 0.1) is 26.2 Å². The summed E-state index contributed by atoms with van der Waals surface area (Å²) in [7, 11) is 0. The predicted octanol–water partition coefficient (Wildman–Crippen LogP) is -0.324. The molecular weight excluding hydrogens is 486 g/mol. The quantitative estimate of drug-likeness (QED) is 0.187. The number of ether oxygens (including phenoxy) is 1. The maximum Gasteiger partial charge on any atom is 0.325 e. The van der Waals surface area contributed by atoms with Crippen molar-refractivity contribution in [3.8, 4) is 5.75 Å². The van der Waals surface area contributed by atoms with Gasteiger partial charge in [-0.05, 0) is 24.3 Å². The molecular formula is C24H39N5O8. The van der Waals surface area contributed by atoms with E-state index in [0.717, 1.165) is 0 Å². The average molecular weight is 526 g/mol. The van der Waals surface area contributed by atoms with E-state index in [2.05, 4.69) is 0 Å². The van der Waals surface area contributed by atoms with Crippen LogP contribution in [0.15, 0.2) is 24.3 Å². The van der Waals surface area contributed by atoms with Crippen molar-refractivity contribution < 1.29 is 39.2 Å². The van der Waals surface area contributed by atoms with Crippen molar-refractivity contribution in [3.63, 3.8) is 0 Å². The molecule has 0 atom stereocenters. The zero-order valence-corrected chi connectivity index (χ0v) is 21.5. The summed E-state index contributed by atoms with van der Waals surface area (Å²) in [6.45, 7) is 5.79. The van der Waals surface area contributed by atoms with Gasteiger partial charge < -0.3 is 25.8 Å². The Balaban J connectivity index is 0.00000334. The standard InChI is InChI=1S/C22H33N5O8.C2H6/c23-17-1-3-18(4-2-17)35-22(34)16-27-11-9-25(14-20(30)31)7-5-24(13-19(28)29)6-8-26(10-12-27)15-21(32)33;1-2/h1-4H,5-16,23H2,(H,28,29)(H,30,31)(H,32,33);1-2H3. The molecule has 37 heavy (non-hydrogen) atoms. The number of rotatable bonds is 9. The van der Waals surface area contributed by atoms with Crippen LogP contribution in [0.25, 0.3) is 0 Å². The number of hydrogen-bond acceptors (Lipinski definition) is 10. The molecule has 0 aliphatic carbocycles. The Morgan fingerprint density at radius 1 is 0.649 bits per heavy atom. The first-order chi connectivity index (χ1) is 17.6. The van der Waals surface area contributed by atoms with E-state index < -0.39 is 23.9 Å². The molecule has 5 N–H and O–H groups in total. The summed E-state index contributed by atoms with van der Waals surface area (Å²) in [6, 6.07) is 6.38. The normalized spacial score (nSPS) is 16.9. The topological polar surface area (TPSA) is 177 Å². The molecule has 0 spiro atoms. The number of aliphatic carboxylic acids is 3. The SMILES string of the molecule is CC.Nc1ccc(OC(=O)CN2CCN(CC(=O)O)CCN(CC(=O)O)CCN(CC(=O)O)CC2)cc1. The smallest absolute Gasteiger partial charge is 0.325 e. The van der Waals surface area contributed by atoms with Gasteiger partial charge in [0, 0.05) is 58.0 Å². The number of nitrogens with two attached hydrogens (primary N) is 1. The molecule has 1 heterocycles. The highest BCUT2D eigenvalue weighted by Gasteiger charge is 2.21. The number of carboxylic acid groups (broad SMARTS) is 3. The Bertz CT molecular complexity index is 835. The van der Waals surface area contributed by atoms with Crippen molar-refractivity contribution >= 4 is 29.6 Å². The lowest BCUT2D eigenvalue weighted by Gasteiger charge is -2.32. The Morgan fingerprint density at radius 3 is 1.24 bits per heavy atom. The van der Waals surface area contributed by atoms with E-state index in [4.69, 9.17) is 10.5 Å². The van der Waals surface area contributed by atoms with E-state index in [9.17, 15) is 34.5 Å². The summed E-state index contributed by atoms with van der Waals surface area (Å²) in [4.78, 5) is 53.3. The molecule has 13 nitrogen and oxygen atoms in total. The number of carboxylic acids is 3. The van der Waals surface area contributed by atoms with E-state index in [1.54, 1.807) is 43.9 Å². The average Bonchev–Trinajstić information content (AvgIpc) is 2.82. The second-order valence-corrected chi connectivity index (χ2v) is 8.33. The van der Waals surface area contributed by atoms with Gasteiger partial charge in [0.1, 0.15) is 5.75 Å². The molecule has 0 unspecified atom stereocenters. The van der Waals surface area contributed by atoms with Gasteiger partial charge in [-0.25, -0.2) is 0 Å². The van der Waals surface area contributed by atoms with Crippen molar-refractivity contribution in [3.05, 3.63) is 24.3 Å². The van der Waals surface area contributed by atoms with Crippen LogP contribution >= 0.6 is 0 Å². The summed E-state index contributed by atoms with van der Waals surface area (Å²) in [6.07, 6.45) is 0. The number of hydrogen-bond donors (Lipinski definition) is 4. The van der Waals surface area contributed by atoms with Crippen LogP contribution in [0.4, 0.5) is 5.69 Å². The minimum atomic E-state index is -1.02. The second kappa shape index (κ2) is 17.2. The van der Waals surface area contributed by atoms with Crippen LogP contribution in [-0.2, 0) is 19.2 Å². The molecule has 0 saturated carbocycles. The Kier molecular flexibility index (Phi) is 14.8. The molecule has 1 aromatic rings. The summed E-state index contributed by atoms with van der Waals surface area (Å²) >= 11 is 0. The van der Waals surface area contributed by atoms with E-state index in [1.807, 2.05) is 13.8 Å². The number of carbonyl (C=O) groups is 4. The van der Waals surface area contributed by atoms with Crippen LogP contribution in [-0.4, -0.2) is 137 Å². The zero-order chi connectivity index (χ0) is 27.8. The van der Waals surface area contributed by atoms with Crippen LogP contribution in [0, 0.1) is 0 Å². The van der Waals surface area contributed by atoms with E-state index in [1.165, 1.54) is 0 Å². The number of nitrogens with zero attached hydrogens (tertiary/aromatic N) is 4. The van der Waals surface area contributed by atoms with Gasteiger partial charge in [-0.2, -0.15) is 0 Å². The monoisotopic (exact) mass is 525 g/mol. The molecule has 1 aromatic carbocycles. The molecule has 0 amide bonds. The number of anilines is 1. The fourth-order valence-electron chi connectivity index (χ4n) is 3.67. The summed E-state index contributed by atoms with van der Waals surface area (Å²) < 4.78 is 5.36. The van der Waals surface area contributed by atoms with E-state index in [-0.39, 0.29) is 26.2 Å². The third kappa shape index (κ3) is 14.2. The molecule has 208 valence electrons. The van der Waals surface area contributed by atoms with Crippen LogP contribution in [0.2, 0.25) is 0 Å². The van der Waals surface area contributed by atoms with Gasteiger partial charge in [-0.15, -0.1) is 0 Å². The third-order valence-electron chi connectivity index (χ3n) is 5.47. The van der Waals surface area contributed by atoms with Crippen molar-refractivity contribution in [1.29, 1.82) is 0 Å². The van der Waals surface area contributed by atoms with Gasteiger partial charge in [0.2, 0.25) is 0 Å². The number of nitrogen functional groups attached to an aromatic ring is 1. The lowest BCUT2D eigenvalue weighted by molar-refractivity contribution is -0.141. The maximum atomic E-state index is 12.5. The van der Waals surface area contributed by atoms with Gasteiger partial charge in [-0.1, -0.05) is 13.8 Å². The molecule has 2 rings (SSSR count). The van der Waals surface area contributed by atoms with Crippen molar-refractivity contribution in [1.82, 2.24) is 19.6 Å². The number of carbonyl (C=O) groups excluding carboxylic acids is 1. The van der Waals surface area contributed by atoms with E-state index >= 15 is 0 Å². The molecule has 0 bridgehead atoms. The first-order valence-electron chi connectivity index (χ1n) is 12.2. The fraction of sp³-hybridized carbons (Fsp3) is 0.583. The van der Waals surface area contributed by atoms with Crippen molar-refractivity contribution in [2.75, 3.05) is 84.3 Å². The minimum Gasteiger partial charge on any atom is -0.480 e. The summed E-state index contributed by atoms with van der Waals surface area (Å²) in [5.41, 5.74) is 6.18. The highest BCUT2D eigenvalue weighted by Crippen LogP contribution is 2.13. The molecule has 1 aliphatic rings. The number of esters is 1. The van der Waals surface area contributed by atoms with Gasteiger partial charge in [-0.3, -0.25) is 38.8 Å². The van der Waals surface area contributed by atoms with Crippen LogP contribution in [0.3, 0.4) is 0 Å². The highest BCUT2D eigenvalue weighted by atomic mass is 16.5. The Labute approximate surface area is 217 Å². The largest absolute Gasteiger partial charge is 0.480 e. The second-order valence-electron chi connectivity index (χ2n) is 8.33. The first-order valence-corrected chi connectivity index (χ1v) is 12.2. The third-order valence-corrected chi connectivity index (χ3v) is 5.47. The summed E-state index contributed by atoms with van der Waals surface area (Å²) in [5, 5.41) is 27.7. The Morgan fingerprint density at radius 2 is 0.946 bits per heavy atom. The van der Waals surface area contributed by atoms with Crippen LogP contribution in [0.1, 0.15) is 13.8 Å².